The maximum absolute atomic E-state index is 12.0. The van der Waals surface area contributed by atoms with E-state index in [-0.39, 0.29) is 5.69 Å². The van der Waals surface area contributed by atoms with Crippen LogP contribution in [0.2, 0.25) is 0 Å². The van der Waals surface area contributed by atoms with Gasteiger partial charge in [0.25, 0.3) is 0 Å². The van der Waals surface area contributed by atoms with Crippen LogP contribution in [0.1, 0.15) is 20.3 Å². The van der Waals surface area contributed by atoms with Gasteiger partial charge in [-0.25, -0.2) is 14.0 Å². The molecular weight excluding hydrogens is 254 g/mol. The van der Waals surface area contributed by atoms with Crippen molar-refractivity contribution in [3.63, 3.8) is 0 Å². The van der Waals surface area contributed by atoms with Crippen molar-refractivity contribution in [3.05, 3.63) is 53.2 Å². The summed E-state index contributed by atoms with van der Waals surface area (Å²) in [5, 5.41) is 4.03. The van der Waals surface area contributed by atoms with Crippen LogP contribution in [0.15, 0.2) is 47.5 Å². The molecule has 0 unspecified atom stereocenters. The number of hydrogen-bond acceptors (Lipinski definition) is 3. The molecule has 0 aliphatic rings. The summed E-state index contributed by atoms with van der Waals surface area (Å²) in [6.07, 6.45) is 2.43. The Balaban J connectivity index is 2.13. The second-order valence-electron chi connectivity index (χ2n) is 4.49. The van der Waals surface area contributed by atoms with E-state index in [1.165, 1.54) is 15.6 Å². The zero-order valence-electron chi connectivity index (χ0n) is 11.9. The summed E-state index contributed by atoms with van der Waals surface area (Å²) in [7, 11) is 0. The lowest BCUT2D eigenvalue weighted by molar-refractivity contribution is 0.349. The number of aryl methyl sites for hydroxylation is 1. The Morgan fingerprint density at radius 3 is 2.55 bits per heavy atom. The third-order valence-electron chi connectivity index (χ3n) is 3.09. The monoisotopic (exact) mass is 273 g/mol. The molecule has 0 fully saturated rings. The third kappa shape index (κ3) is 2.99. The molecule has 5 nitrogen and oxygen atoms in total. The lowest BCUT2D eigenvalue weighted by Crippen LogP contribution is -2.23. The quantitative estimate of drug-likeness (QED) is 0.759. The first kappa shape index (κ1) is 14.1. The van der Waals surface area contributed by atoms with Crippen molar-refractivity contribution in [3.8, 4) is 11.4 Å². The summed E-state index contributed by atoms with van der Waals surface area (Å²) in [5.41, 5.74) is 1.69. The Morgan fingerprint density at radius 1 is 1.30 bits per heavy atom. The zero-order chi connectivity index (χ0) is 14.5. The fourth-order valence-corrected chi connectivity index (χ4v) is 1.72. The molecule has 0 saturated carbocycles. The molecule has 0 aliphatic heterocycles. The molecule has 1 heterocycles. The van der Waals surface area contributed by atoms with Crippen LogP contribution >= 0.6 is 0 Å². The van der Waals surface area contributed by atoms with E-state index in [4.69, 9.17) is 4.74 Å². The molecule has 0 radical (unpaired) electrons. The molecule has 5 heteroatoms. The first-order valence-electron chi connectivity index (χ1n) is 6.70. The number of hydrogen-bond donors (Lipinski definition) is 0. The zero-order valence-corrected chi connectivity index (χ0v) is 11.9. The lowest BCUT2D eigenvalue weighted by Gasteiger charge is -2.08. The van der Waals surface area contributed by atoms with Gasteiger partial charge in [0.15, 0.2) is 0 Å². The standard InChI is InChI=1S/C15H19N3O2/c1-4-12(3)10-20-14-8-6-13(7-9-14)17-11-16-18(5-2)15(17)19/h6-9,11H,3-5,10H2,1-2H3. The SMILES string of the molecule is C=C(CC)COc1ccc(-n2cnn(CC)c2=O)cc1. The van der Waals surface area contributed by atoms with Crippen LogP contribution in [0.4, 0.5) is 0 Å². The van der Waals surface area contributed by atoms with E-state index in [0.717, 1.165) is 23.4 Å². The molecule has 0 aliphatic carbocycles. The summed E-state index contributed by atoms with van der Waals surface area (Å²) in [4.78, 5) is 12.0. The predicted molar refractivity (Wildman–Crippen MR) is 78.4 cm³/mol. The largest absolute Gasteiger partial charge is 0.489 e. The summed E-state index contributed by atoms with van der Waals surface area (Å²) in [5.74, 6) is 0.763. The molecule has 2 rings (SSSR count). The molecule has 1 aromatic heterocycles. The van der Waals surface area contributed by atoms with Crippen LogP contribution in [0.5, 0.6) is 5.75 Å². The molecule has 0 atom stereocenters. The van der Waals surface area contributed by atoms with Crippen molar-refractivity contribution in [1.82, 2.24) is 14.3 Å². The van der Waals surface area contributed by atoms with Gasteiger partial charge in [0.1, 0.15) is 18.7 Å². The smallest absolute Gasteiger partial charge is 0.350 e. The molecule has 1 aromatic carbocycles. The highest BCUT2D eigenvalue weighted by Crippen LogP contribution is 2.15. The van der Waals surface area contributed by atoms with Gasteiger partial charge in [0, 0.05) is 6.54 Å². The Morgan fingerprint density at radius 2 is 2.00 bits per heavy atom. The van der Waals surface area contributed by atoms with Crippen molar-refractivity contribution in [1.29, 1.82) is 0 Å². The van der Waals surface area contributed by atoms with E-state index < -0.39 is 0 Å². The van der Waals surface area contributed by atoms with Crippen LogP contribution < -0.4 is 10.4 Å². The molecule has 20 heavy (non-hydrogen) atoms. The number of nitrogens with zero attached hydrogens (tertiary/aromatic N) is 3. The van der Waals surface area contributed by atoms with Crippen molar-refractivity contribution in [2.45, 2.75) is 26.8 Å². The Bertz CT molecular complexity index is 638. The van der Waals surface area contributed by atoms with Gasteiger partial charge in [-0.2, -0.15) is 5.10 Å². The minimum Gasteiger partial charge on any atom is -0.489 e. The predicted octanol–water partition coefficient (Wildman–Crippen LogP) is 2.40. The number of aromatic nitrogens is 3. The van der Waals surface area contributed by atoms with Crippen molar-refractivity contribution >= 4 is 0 Å². The maximum Gasteiger partial charge on any atom is 0.350 e. The highest BCUT2D eigenvalue weighted by molar-refractivity contribution is 5.37. The molecular formula is C15H19N3O2. The minimum atomic E-state index is -0.138. The topological polar surface area (TPSA) is 49.0 Å². The summed E-state index contributed by atoms with van der Waals surface area (Å²) >= 11 is 0. The van der Waals surface area contributed by atoms with Crippen molar-refractivity contribution in [2.75, 3.05) is 6.61 Å². The third-order valence-corrected chi connectivity index (χ3v) is 3.09. The van der Waals surface area contributed by atoms with Gasteiger partial charge in [-0.05, 0) is 43.2 Å². The number of benzene rings is 1. The summed E-state index contributed by atoms with van der Waals surface area (Å²) in [6, 6.07) is 7.36. The van der Waals surface area contributed by atoms with E-state index >= 15 is 0 Å². The molecule has 0 saturated heterocycles. The number of ether oxygens (including phenoxy) is 1. The first-order chi connectivity index (χ1) is 9.65. The van der Waals surface area contributed by atoms with Gasteiger partial charge in [-0.1, -0.05) is 13.5 Å². The second kappa shape index (κ2) is 6.23. The van der Waals surface area contributed by atoms with Crippen LogP contribution in [-0.4, -0.2) is 21.0 Å². The van der Waals surface area contributed by atoms with Gasteiger partial charge < -0.3 is 4.74 Å². The van der Waals surface area contributed by atoms with Gasteiger partial charge in [0.2, 0.25) is 0 Å². The van der Waals surface area contributed by atoms with Crippen LogP contribution in [0.3, 0.4) is 0 Å². The van der Waals surface area contributed by atoms with Crippen LogP contribution in [0.25, 0.3) is 5.69 Å². The van der Waals surface area contributed by atoms with Gasteiger partial charge in [0.05, 0.1) is 5.69 Å². The van der Waals surface area contributed by atoms with E-state index in [1.807, 2.05) is 38.1 Å². The van der Waals surface area contributed by atoms with Gasteiger partial charge in [-0.3, -0.25) is 0 Å². The van der Waals surface area contributed by atoms with E-state index in [2.05, 4.69) is 11.7 Å². The second-order valence-corrected chi connectivity index (χ2v) is 4.49. The normalized spacial score (nSPS) is 10.5. The molecule has 0 spiro atoms. The number of rotatable bonds is 6. The van der Waals surface area contributed by atoms with E-state index in [0.29, 0.717) is 13.2 Å². The van der Waals surface area contributed by atoms with Crippen LogP contribution in [0, 0.1) is 0 Å². The average Bonchev–Trinajstić information content (AvgIpc) is 2.86. The minimum absolute atomic E-state index is 0.138. The van der Waals surface area contributed by atoms with Gasteiger partial charge >= 0.3 is 5.69 Å². The van der Waals surface area contributed by atoms with E-state index in [9.17, 15) is 4.79 Å². The highest BCUT2D eigenvalue weighted by Gasteiger charge is 2.05. The van der Waals surface area contributed by atoms with Crippen LogP contribution in [-0.2, 0) is 6.54 Å². The summed E-state index contributed by atoms with van der Waals surface area (Å²) < 4.78 is 8.52. The Labute approximate surface area is 118 Å². The maximum atomic E-state index is 12.0. The summed E-state index contributed by atoms with van der Waals surface area (Å²) in [6.45, 7) is 8.91. The fraction of sp³-hybridized carbons (Fsp3) is 0.333. The fourth-order valence-electron chi connectivity index (χ4n) is 1.72. The van der Waals surface area contributed by atoms with E-state index in [1.54, 1.807) is 0 Å². The van der Waals surface area contributed by atoms with Gasteiger partial charge in [-0.15, -0.1) is 0 Å². The molecule has 2 aromatic rings. The van der Waals surface area contributed by atoms with Crippen molar-refractivity contribution < 1.29 is 4.74 Å². The molecule has 106 valence electrons. The molecule has 0 amide bonds. The lowest BCUT2D eigenvalue weighted by atomic mass is 10.2. The highest BCUT2D eigenvalue weighted by atomic mass is 16.5. The average molecular weight is 273 g/mol. The Hall–Kier alpha value is -2.30. The van der Waals surface area contributed by atoms with Crippen molar-refractivity contribution in [2.24, 2.45) is 0 Å². The first-order valence-corrected chi connectivity index (χ1v) is 6.70. The molecule has 0 N–H and O–H groups in total. The molecule has 0 bridgehead atoms. The Kier molecular flexibility index (Phi) is 4.40.